The summed E-state index contributed by atoms with van der Waals surface area (Å²) in [4.78, 5) is 45.6. The Labute approximate surface area is 150 Å². The fraction of sp³-hybridized carbons (Fsp3) is 0.688. The maximum Gasteiger partial charge on any atom is 0.303 e. The molecule has 1 rings (SSSR count). The molecule has 1 N–H and O–H groups in total. The average Bonchev–Trinajstić information content (AvgIpc) is 2.47. The van der Waals surface area contributed by atoms with E-state index in [1.165, 1.54) is 13.8 Å². The minimum absolute atomic E-state index is 0.0116. The van der Waals surface area contributed by atoms with Crippen LogP contribution < -0.4 is 0 Å². The van der Waals surface area contributed by atoms with Crippen LogP contribution in [0, 0.1) is 5.41 Å². The molecule has 2 unspecified atom stereocenters. The van der Waals surface area contributed by atoms with Crippen molar-refractivity contribution in [2.75, 3.05) is 6.61 Å². The van der Waals surface area contributed by atoms with Gasteiger partial charge in [-0.3, -0.25) is 19.2 Å². The van der Waals surface area contributed by atoms with E-state index >= 15 is 0 Å². The molecule has 1 fully saturated rings. The fourth-order valence-electron chi connectivity index (χ4n) is 2.58. The van der Waals surface area contributed by atoms with E-state index in [0.29, 0.717) is 0 Å². The topological polar surface area (TPSA) is 138 Å². The largest absolute Gasteiger partial charge is 0.463 e. The van der Waals surface area contributed by atoms with Crippen LogP contribution in [0.1, 0.15) is 34.6 Å². The normalized spacial score (nSPS) is 27.8. The predicted molar refractivity (Wildman–Crippen MR) is 85.4 cm³/mol. The van der Waals surface area contributed by atoms with Gasteiger partial charge in [0.1, 0.15) is 18.8 Å². The van der Waals surface area contributed by atoms with Gasteiger partial charge in [-0.25, -0.2) is 0 Å². The molecule has 0 aliphatic carbocycles. The van der Waals surface area contributed by atoms with Crippen LogP contribution in [-0.4, -0.2) is 66.7 Å². The van der Waals surface area contributed by atoms with Gasteiger partial charge in [-0.1, -0.05) is 0 Å². The first-order valence-electron chi connectivity index (χ1n) is 7.88. The van der Waals surface area contributed by atoms with E-state index in [1.807, 2.05) is 0 Å². The van der Waals surface area contributed by atoms with Gasteiger partial charge in [0, 0.05) is 33.4 Å². The molecule has 0 saturated carbocycles. The van der Waals surface area contributed by atoms with Crippen LogP contribution in [0.25, 0.3) is 0 Å². The van der Waals surface area contributed by atoms with E-state index in [1.54, 1.807) is 0 Å². The van der Waals surface area contributed by atoms with Crippen molar-refractivity contribution in [2.45, 2.75) is 65.1 Å². The number of nitrogens with one attached hydrogen (secondary N) is 1. The molecule has 0 aromatic rings. The summed E-state index contributed by atoms with van der Waals surface area (Å²) in [5.41, 5.74) is -0.0116. The van der Waals surface area contributed by atoms with E-state index < -0.39 is 54.4 Å². The first-order chi connectivity index (χ1) is 12.0. The predicted octanol–water partition coefficient (Wildman–Crippen LogP) is 0.152. The third-order valence-corrected chi connectivity index (χ3v) is 3.42. The molecule has 0 bridgehead atoms. The van der Waals surface area contributed by atoms with Gasteiger partial charge in [-0.15, -0.1) is 0 Å². The molecule has 1 heterocycles. The monoisotopic (exact) mass is 373 g/mol. The summed E-state index contributed by atoms with van der Waals surface area (Å²) in [7, 11) is 0. The van der Waals surface area contributed by atoms with Crippen molar-refractivity contribution in [2.24, 2.45) is 0 Å². The van der Waals surface area contributed by atoms with E-state index in [4.69, 9.17) is 29.1 Å². The van der Waals surface area contributed by atoms with Crippen LogP contribution in [0.5, 0.6) is 0 Å². The zero-order chi connectivity index (χ0) is 20.0. The molecule has 1 saturated heterocycles. The molecule has 26 heavy (non-hydrogen) atoms. The van der Waals surface area contributed by atoms with E-state index in [9.17, 15) is 19.2 Å². The van der Waals surface area contributed by atoms with Crippen molar-refractivity contribution in [1.29, 1.82) is 5.41 Å². The highest BCUT2D eigenvalue weighted by atomic mass is 16.7. The Kier molecular flexibility index (Phi) is 7.69. The molecule has 1 aliphatic rings. The van der Waals surface area contributed by atoms with Crippen LogP contribution in [0.15, 0.2) is 0 Å². The number of esters is 4. The highest BCUT2D eigenvalue weighted by Crippen LogP contribution is 2.29. The van der Waals surface area contributed by atoms with Gasteiger partial charge in [-0.2, -0.15) is 0 Å². The Morgan fingerprint density at radius 1 is 0.769 bits per heavy atom. The quantitative estimate of drug-likeness (QED) is 0.391. The summed E-state index contributed by atoms with van der Waals surface area (Å²) in [6.45, 7) is 5.73. The molecular formula is C16H23NO9. The Hall–Kier alpha value is -2.49. The highest BCUT2D eigenvalue weighted by Gasteiger charge is 2.52. The lowest BCUT2D eigenvalue weighted by Gasteiger charge is -2.44. The number of ether oxygens (including phenoxy) is 5. The minimum Gasteiger partial charge on any atom is -0.463 e. The zero-order valence-electron chi connectivity index (χ0n) is 15.3. The van der Waals surface area contributed by atoms with Gasteiger partial charge >= 0.3 is 23.9 Å². The van der Waals surface area contributed by atoms with Gasteiger partial charge in [0.05, 0.1) is 0 Å². The molecule has 0 spiro atoms. The highest BCUT2D eigenvalue weighted by molar-refractivity contribution is 5.85. The smallest absolute Gasteiger partial charge is 0.303 e. The Morgan fingerprint density at radius 2 is 1.23 bits per heavy atom. The van der Waals surface area contributed by atoms with E-state index in [2.05, 4.69) is 0 Å². The standard InChI is InChI=1S/C16H23NO9/c1-7(17)13-15(24-10(4)20)16(25-11(5)21)14(23-9(3)19)12(26-13)6-22-8(2)18/h12-17H,6H2,1-5H3/t12?,13-,14-,15?,16-/m0/s1. The van der Waals surface area contributed by atoms with Crippen LogP contribution in [-0.2, 0) is 42.9 Å². The first-order valence-corrected chi connectivity index (χ1v) is 7.88. The molecule has 146 valence electrons. The minimum atomic E-state index is -1.24. The lowest BCUT2D eigenvalue weighted by molar-refractivity contribution is -0.241. The number of hydrogen-bond donors (Lipinski definition) is 1. The summed E-state index contributed by atoms with van der Waals surface area (Å²) in [6.07, 6.45) is -5.73. The fourth-order valence-corrected chi connectivity index (χ4v) is 2.58. The molecule has 0 radical (unpaired) electrons. The Morgan fingerprint density at radius 3 is 1.65 bits per heavy atom. The number of hydrogen-bond acceptors (Lipinski definition) is 10. The Balaban J connectivity index is 3.29. The van der Waals surface area contributed by atoms with Crippen molar-refractivity contribution >= 4 is 29.6 Å². The van der Waals surface area contributed by atoms with E-state index in [0.717, 1.165) is 20.8 Å². The number of carbonyl (C=O) groups excluding carboxylic acids is 4. The summed E-state index contributed by atoms with van der Waals surface area (Å²) in [6, 6.07) is 0. The SMILES string of the molecule is CC(=N)[C@@H]1OC(COC(C)=O)[C@H](OC(C)=O)[C@H](OC(C)=O)C1OC(C)=O. The molecule has 0 aromatic heterocycles. The summed E-state index contributed by atoms with van der Waals surface area (Å²) in [5.74, 6) is -2.69. The van der Waals surface area contributed by atoms with Crippen molar-refractivity contribution in [3.8, 4) is 0 Å². The summed E-state index contributed by atoms with van der Waals surface area (Å²) < 4.78 is 26.2. The van der Waals surface area contributed by atoms with Crippen LogP contribution in [0.2, 0.25) is 0 Å². The maximum atomic E-state index is 11.5. The van der Waals surface area contributed by atoms with Gasteiger partial charge in [0.15, 0.2) is 18.3 Å². The van der Waals surface area contributed by atoms with E-state index in [-0.39, 0.29) is 12.3 Å². The lowest BCUT2D eigenvalue weighted by atomic mass is 9.92. The molecule has 10 nitrogen and oxygen atoms in total. The second-order valence-corrected chi connectivity index (χ2v) is 5.80. The van der Waals surface area contributed by atoms with Gasteiger partial charge in [0.2, 0.25) is 0 Å². The molecule has 0 aromatic carbocycles. The van der Waals surface area contributed by atoms with Crippen molar-refractivity contribution in [3.05, 3.63) is 0 Å². The lowest BCUT2D eigenvalue weighted by Crippen LogP contribution is -2.63. The second kappa shape index (κ2) is 9.27. The maximum absolute atomic E-state index is 11.5. The first kappa shape index (κ1) is 21.6. The summed E-state index contributed by atoms with van der Waals surface area (Å²) >= 11 is 0. The third kappa shape index (κ3) is 6.10. The van der Waals surface area contributed by atoms with Crippen LogP contribution in [0.3, 0.4) is 0 Å². The number of carbonyl (C=O) groups is 4. The molecule has 1 aliphatic heterocycles. The van der Waals surface area contributed by atoms with Crippen molar-refractivity contribution in [1.82, 2.24) is 0 Å². The van der Waals surface area contributed by atoms with Gasteiger partial charge in [-0.05, 0) is 6.92 Å². The van der Waals surface area contributed by atoms with Crippen molar-refractivity contribution < 1.29 is 42.9 Å². The summed E-state index contributed by atoms with van der Waals surface area (Å²) in [5, 5.41) is 7.88. The molecule has 10 heteroatoms. The zero-order valence-corrected chi connectivity index (χ0v) is 15.3. The molecule has 0 amide bonds. The Bertz CT molecular complexity index is 588. The van der Waals surface area contributed by atoms with Gasteiger partial charge < -0.3 is 29.1 Å². The third-order valence-electron chi connectivity index (χ3n) is 3.42. The number of rotatable bonds is 6. The van der Waals surface area contributed by atoms with Gasteiger partial charge in [0.25, 0.3) is 0 Å². The average molecular weight is 373 g/mol. The molecule has 5 atom stereocenters. The van der Waals surface area contributed by atoms with Crippen molar-refractivity contribution in [3.63, 3.8) is 0 Å². The van der Waals surface area contributed by atoms with Crippen LogP contribution in [0.4, 0.5) is 0 Å². The van der Waals surface area contributed by atoms with Crippen LogP contribution >= 0.6 is 0 Å². The molecular weight excluding hydrogens is 350 g/mol. The second-order valence-electron chi connectivity index (χ2n) is 5.80.